The molecule has 0 spiro atoms. The summed E-state index contributed by atoms with van der Waals surface area (Å²) in [6.07, 6.45) is 1.64. The van der Waals surface area contributed by atoms with Crippen LogP contribution in [-0.4, -0.2) is 18.0 Å². The molecular weight excluding hydrogens is 368 g/mol. The van der Waals surface area contributed by atoms with Gasteiger partial charge in [-0.05, 0) is 54.1 Å². The molecule has 146 valence electrons. The number of anilines is 3. The Morgan fingerprint density at radius 3 is 2.86 bits per heavy atom. The maximum absolute atomic E-state index is 12.6. The van der Waals surface area contributed by atoms with Gasteiger partial charge < -0.3 is 25.5 Å². The summed E-state index contributed by atoms with van der Waals surface area (Å²) in [5.74, 6) is 1.07. The van der Waals surface area contributed by atoms with E-state index in [4.69, 9.17) is 14.9 Å². The van der Waals surface area contributed by atoms with Crippen molar-refractivity contribution in [3.63, 3.8) is 0 Å². The van der Waals surface area contributed by atoms with Crippen LogP contribution >= 0.6 is 0 Å². The van der Waals surface area contributed by atoms with E-state index in [9.17, 15) is 4.79 Å². The van der Waals surface area contributed by atoms with Gasteiger partial charge in [-0.3, -0.25) is 4.79 Å². The fourth-order valence-corrected chi connectivity index (χ4v) is 2.98. The number of ether oxygens (including phenoxy) is 1. The number of carbonyl (C=O) groups excluding carboxylic acids is 1. The highest BCUT2D eigenvalue weighted by atomic mass is 16.5. The summed E-state index contributed by atoms with van der Waals surface area (Å²) in [5, 5.41) is 6.92. The number of nitrogens with one attached hydrogen (secondary N) is 2. The molecule has 0 saturated carbocycles. The van der Waals surface area contributed by atoms with E-state index in [-0.39, 0.29) is 11.7 Å². The van der Waals surface area contributed by atoms with Crippen LogP contribution in [0.3, 0.4) is 0 Å². The van der Waals surface area contributed by atoms with Gasteiger partial charge in [0, 0.05) is 23.8 Å². The number of nitrogens with two attached hydrogens (primary N) is 1. The zero-order chi connectivity index (χ0) is 20.2. The smallest absolute Gasteiger partial charge is 0.291 e. The van der Waals surface area contributed by atoms with Gasteiger partial charge in [0.2, 0.25) is 0 Å². The van der Waals surface area contributed by atoms with Crippen LogP contribution in [0.5, 0.6) is 5.75 Å². The molecule has 0 aliphatic heterocycles. The number of hydrogen-bond donors (Lipinski definition) is 3. The summed E-state index contributed by atoms with van der Waals surface area (Å²) in [6.45, 7) is 0.546. The highest BCUT2D eigenvalue weighted by molar-refractivity contribution is 6.04. The zero-order valence-corrected chi connectivity index (χ0v) is 15.8. The molecule has 0 unspecified atom stereocenters. The first-order valence-electron chi connectivity index (χ1n) is 9.04. The first-order chi connectivity index (χ1) is 14.1. The molecule has 7 heteroatoms. The Balaban J connectivity index is 1.46. The van der Waals surface area contributed by atoms with Crippen molar-refractivity contribution < 1.29 is 13.9 Å². The molecule has 29 heavy (non-hydrogen) atoms. The largest absolute Gasteiger partial charge is 0.497 e. The van der Waals surface area contributed by atoms with Crippen molar-refractivity contribution in [2.24, 2.45) is 0 Å². The molecule has 2 aromatic carbocycles. The zero-order valence-electron chi connectivity index (χ0n) is 15.8. The number of furan rings is 1. The Hall–Kier alpha value is -4.00. The second-order valence-electron chi connectivity index (χ2n) is 6.46. The minimum absolute atomic E-state index is 0.236. The first-order valence-corrected chi connectivity index (χ1v) is 9.04. The van der Waals surface area contributed by atoms with Gasteiger partial charge in [0.1, 0.15) is 17.2 Å². The van der Waals surface area contributed by atoms with Crippen molar-refractivity contribution in [2.45, 2.75) is 6.54 Å². The molecule has 0 atom stereocenters. The number of methoxy groups -OCH3 is 1. The van der Waals surface area contributed by atoms with Gasteiger partial charge in [-0.2, -0.15) is 0 Å². The lowest BCUT2D eigenvalue weighted by Gasteiger charge is -2.10. The van der Waals surface area contributed by atoms with Crippen LogP contribution in [0.4, 0.5) is 17.2 Å². The van der Waals surface area contributed by atoms with Gasteiger partial charge in [-0.25, -0.2) is 4.98 Å². The van der Waals surface area contributed by atoms with E-state index in [0.29, 0.717) is 29.4 Å². The van der Waals surface area contributed by atoms with Gasteiger partial charge >= 0.3 is 0 Å². The van der Waals surface area contributed by atoms with Crippen molar-refractivity contribution in [2.75, 3.05) is 23.5 Å². The van der Waals surface area contributed by atoms with Gasteiger partial charge in [0.05, 0.1) is 12.8 Å². The van der Waals surface area contributed by atoms with Gasteiger partial charge in [0.15, 0.2) is 5.76 Å². The standard InChI is InChI=1S/C22H20N4O3/c1-28-17-7-8-19-15(11-17)12-20(29-19)22(27)26-16-5-2-4-14(10-16)13-25-18-6-3-9-24-21(18)23/h2-12,25H,13H2,1H3,(H2,23,24)(H,26,27). The summed E-state index contributed by atoms with van der Waals surface area (Å²) in [5.41, 5.74) is 8.90. The van der Waals surface area contributed by atoms with E-state index in [2.05, 4.69) is 15.6 Å². The van der Waals surface area contributed by atoms with Crippen molar-refractivity contribution in [1.82, 2.24) is 4.98 Å². The van der Waals surface area contributed by atoms with Crippen LogP contribution < -0.4 is 21.1 Å². The van der Waals surface area contributed by atoms with Crippen molar-refractivity contribution in [3.8, 4) is 5.75 Å². The fourth-order valence-electron chi connectivity index (χ4n) is 2.98. The lowest BCUT2D eigenvalue weighted by molar-refractivity contribution is 0.0998. The average molecular weight is 388 g/mol. The predicted molar refractivity (Wildman–Crippen MR) is 113 cm³/mol. The maximum Gasteiger partial charge on any atom is 0.291 e. The maximum atomic E-state index is 12.6. The Morgan fingerprint density at radius 1 is 1.14 bits per heavy atom. The molecule has 4 rings (SSSR count). The van der Waals surface area contributed by atoms with Crippen LogP contribution in [0.15, 0.2) is 71.3 Å². The van der Waals surface area contributed by atoms with Gasteiger partial charge in [-0.1, -0.05) is 12.1 Å². The van der Waals surface area contributed by atoms with E-state index >= 15 is 0 Å². The van der Waals surface area contributed by atoms with Crippen molar-refractivity contribution in [1.29, 1.82) is 0 Å². The Labute approximate surface area is 167 Å². The van der Waals surface area contributed by atoms with Crippen LogP contribution in [0, 0.1) is 0 Å². The third-order valence-electron chi connectivity index (χ3n) is 4.45. The van der Waals surface area contributed by atoms with E-state index in [1.807, 2.05) is 42.5 Å². The summed E-state index contributed by atoms with van der Waals surface area (Å²) in [6, 6.07) is 18.3. The average Bonchev–Trinajstić information content (AvgIpc) is 3.17. The molecule has 2 aromatic heterocycles. The monoisotopic (exact) mass is 388 g/mol. The number of aromatic nitrogens is 1. The predicted octanol–water partition coefficient (Wildman–Crippen LogP) is 4.28. The van der Waals surface area contributed by atoms with Crippen LogP contribution in [0.1, 0.15) is 16.1 Å². The van der Waals surface area contributed by atoms with E-state index in [1.54, 1.807) is 31.5 Å². The first kappa shape index (κ1) is 18.4. The molecule has 0 bridgehead atoms. The lowest BCUT2D eigenvalue weighted by atomic mass is 10.2. The van der Waals surface area contributed by atoms with Crippen LogP contribution in [-0.2, 0) is 6.54 Å². The molecule has 0 saturated heterocycles. The number of hydrogen-bond acceptors (Lipinski definition) is 6. The summed E-state index contributed by atoms with van der Waals surface area (Å²) in [4.78, 5) is 16.6. The second-order valence-corrected chi connectivity index (χ2v) is 6.46. The minimum Gasteiger partial charge on any atom is -0.497 e. The fraction of sp³-hybridized carbons (Fsp3) is 0.0909. The Bertz CT molecular complexity index is 1170. The molecule has 4 aromatic rings. The normalized spacial score (nSPS) is 10.7. The third-order valence-corrected chi connectivity index (χ3v) is 4.45. The van der Waals surface area contributed by atoms with E-state index < -0.39 is 0 Å². The number of rotatable bonds is 6. The topological polar surface area (TPSA) is 102 Å². The van der Waals surface area contributed by atoms with Crippen molar-refractivity contribution >= 4 is 34.1 Å². The SMILES string of the molecule is COc1ccc2oc(C(=O)Nc3cccc(CNc4cccnc4N)c3)cc2c1. The molecule has 0 fully saturated rings. The molecular formula is C22H20N4O3. The molecule has 0 radical (unpaired) electrons. The number of fused-ring (bicyclic) bond motifs is 1. The second kappa shape index (κ2) is 7.93. The number of nitrogen functional groups attached to an aromatic ring is 1. The lowest BCUT2D eigenvalue weighted by Crippen LogP contribution is -2.11. The van der Waals surface area contributed by atoms with Crippen LogP contribution in [0.25, 0.3) is 11.0 Å². The number of amides is 1. The summed E-state index contributed by atoms with van der Waals surface area (Å²) >= 11 is 0. The number of nitrogens with zero attached hydrogens (tertiary/aromatic N) is 1. The quantitative estimate of drug-likeness (QED) is 0.456. The molecule has 4 N–H and O–H groups in total. The number of benzene rings is 2. The minimum atomic E-state index is -0.318. The van der Waals surface area contributed by atoms with Crippen LogP contribution in [0.2, 0.25) is 0 Å². The summed E-state index contributed by atoms with van der Waals surface area (Å²) in [7, 11) is 1.60. The van der Waals surface area contributed by atoms with Crippen molar-refractivity contribution in [3.05, 3.63) is 78.2 Å². The molecule has 2 heterocycles. The summed E-state index contributed by atoms with van der Waals surface area (Å²) < 4.78 is 10.9. The molecule has 0 aliphatic carbocycles. The molecule has 0 aliphatic rings. The van der Waals surface area contributed by atoms with Gasteiger partial charge in [-0.15, -0.1) is 0 Å². The highest BCUT2D eigenvalue weighted by Crippen LogP contribution is 2.25. The van der Waals surface area contributed by atoms with Gasteiger partial charge in [0.25, 0.3) is 5.91 Å². The molecule has 1 amide bonds. The number of pyridine rings is 1. The van der Waals surface area contributed by atoms with E-state index in [1.165, 1.54) is 0 Å². The Kier molecular flexibility index (Phi) is 5.03. The third kappa shape index (κ3) is 4.14. The molecule has 7 nitrogen and oxygen atoms in total. The Morgan fingerprint density at radius 2 is 2.03 bits per heavy atom. The van der Waals surface area contributed by atoms with E-state index in [0.717, 1.165) is 16.6 Å². The highest BCUT2D eigenvalue weighted by Gasteiger charge is 2.13. The number of carbonyl (C=O) groups is 1.